The zero-order valence-corrected chi connectivity index (χ0v) is 7.14. The molecule has 0 aromatic rings. The summed E-state index contributed by atoms with van der Waals surface area (Å²) in [6.45, 7) is 0. The summed E-state index contributed by atoms with van der Waals surface area (Å²) in [4.78, 5) is 12.0. The lowest BCUT2D eigenvalue weighted by Crippen LogP contribution is -2.22. The molecule has 0 aromatic carbocycles. The van der Waals surface area contributed by atoms with E-state index in [-0.39, 0.29) is 11.8 Å². The number of carboxylic acids is 1. The Kier molecular flexibility index (Phi) is 4.47. The maximum atomic E-state index is 10.1. The Bertz CT molecular complexity index is 116. The van der Waals surface area contributed by atoms with Gasteiger partial charge in [0.2, 0.25) is 0 Å². The highest BCUT2D eigenvalue weighted by Crippen LogP contribution is 2.06. The monoisotopic (exact) mass is 163 g/mol. The number of carboxylic acid groups (broad SMARTS) is 1. The van der Waals surface area contributed by atoms with Crippen LogP contribution in [0.1, 0.15) is 12.8 Å². The third-order valence-corrected chi connectivity index (χ3v) is 1.93. The highest BCUT2D eigenvalue weighted by atomic mass is 32.1. The second-order valence-electron chi connectivity index (χ2n) is 2.38. The highest BCUT2D eigenvalue weighted by Gasteiger charge is 2.06. The summed E-state index contributed by atoms with van der Waals surface area (Å²) in [7, 11) is 3.75. The Labute approximate surface area is 66.4 Å². The van der Waals surface area contributed by atoms with Crippen molar-refractivity contribution in [2.24, 2.45) is 0 Å². The molecular formula is C6H13NO2S. The lowest BCUT2D eigenvalue weighted by Gasteiger charge is -2.17. The van der Waals surface area contributed by atoms with Crippen LogP contribution in [0.2, 0.25) is 0 Å². The van der Waals surface area contributed by atoms with Gasteiger partial charge in [0.25, 0.3) is 0 Å². The quantitative estimate of drug-likeness (QED) is 0.472. The molecular weight excluding hydrogens is 150 g/mol. The van der Waals surface area contributed by atoms with Crippen LogP contribution in [-0.2, 0) is 4.79 Å². The first-order chi connectivity index (χ1) is 4.54. The molecule has 0 fully saturated rings. The minimum Gasteiger partial charge on any atom is -0.481 e. The summed E-state index contributed by atoms with van der Waals surface area (Å²) in [5.74, 6) is -0.763. The van der Waals surface area contributed by atoms with Gasteiger partial charge in [-0.15, -0.1) is 0 Å². The Morgan fingerprint density at radius 3 is 2.50 bits per heavy atom. The fraction of sp³-hybridized carbons (Fsp3) is 0.833. The van der Waals surface area contributed by atoms with Gasteiger partial charge < -0.3 is 5.11 Å². The van der Waals surface area contributed by atoms with Crippen molar-refractivity contribution in [1.29, 1.82) is 0 Å². The standard InChI is InChI=1S/C6H13NO2S/c1-7(2)5(10)3-4-6(8)9/h5,10H,3-4H2,1-2H3,(H,8,9). The number of nitrogens with zero attached hydrogens (tertiary/aromatic N) is 1. The number of hydrogen-bond donors (Lipinski definition) is 2. The summed E-state index contributed by atoms with van der Waals surface area (Å²) in [6, 6.07) is 0. The first-order valence-electron chi connectivity index (χ1n) is 3.10. The average molecular weight is 163 g/mol. The van der Waals surface area contributed by atoms with E-state index in [1.54, 1.807) is 0 Å². The first kappa shape index (κ1) is 9.78. The molecule has 0 radical (unpaired) electrons. The maximum Gasteiger partial charge on any atom is 0.303 e. The molecule has 1 N–H and O–H groups in total. The fourth-order valence-electron chi connectivity index (χ4n) is 0.511. The second kappa shape index (κ2) is 4.57. The summed E-state index contributed by atoms with van der Waals surface area (Å²) < 4.78 is 0. The molecule has 0 aliphatic heterocycles. The summed E-state index contributed by atoms with van der Waals surface area (Å²) in [5, 5.41) is 8.34. The van der Waals surface area contributed by atoms with Gasteiger partial charge in [-0.3, -0.25) is 9.69 Å². The number of rotatable bonds is 4. The van der Waals surface area contributed by atoms with E-state index in [0.29, 0.717) is 6.42 Å². The van der Waals surface area contributed by atoms with E-state index in [2.05, 4.69) is 12.6 Å². The molecule has 0 spiro atoms. The minimum atomic E-state index is -0.763. The second-order valence-corrected chi connectivity index (χ2v) is 2.97. The van der Waals surface area contributed by atoms with Gasteiger partial charge in [0.1, 0.15) is 0 Å². The first-order valence-corrected chi connectivity index (χ1v) is 3.62. The number of carbonyl (C=O) groups is 1. The molecule has 10 heavy (non-hydrogen) atoms. The molecule has 0 amide bonds. The maximum absolute atomic E-state index is 10.1. The van der Waals surface area contributed by atoms with Gasteiger partial charge in [-0.25, -0.2) is 0 Å². The van der Waals surface area contributed by atoms with E-state index in [9.17, 15) is 4.79 Å². The molecule has 0 bridgehead atoms. The van der Waals surface area contributed by atoms with E-state index >= 15 is 0 Å². The van der Waals surface area contributed by atoms with E-state index in [4.69, 9.17) is 5.11 Å². The molecule has 60 valence electrons. The van der Waals surface area contributed by atoms with Crippen molar-refractivity contribution in [3.63, 3.8) is 0 Å². The van der Waals surface area contributed by atoms with Crippen molar-refractivity contribution in [3.8, 4) is 0 Å². The minimum absolute atomic E-state index is 0.0519. The van der Waals surface area contributed by atoms with Gasteiger partial charge in [-0.05, 0) is 20.5 Å². The van der Waals surface area contributed by atoms with Crippen LogP contribution >= 0.6 is 12.6 Å². The highest BCUT2D eigenvalue weighted by molar-refractivity contribution is 7.80. The third kappa shape index (κ3) is 4.64. The van der Waals surface area contributed by atoms with Crippen molar-refractivity contribution in [1.82, 2.24) is 4.90 Å². The van der Waals surface area contributed by atoms with Crippen LogP contribution in [0.4, 0.5) is 0 Å². The molecule has 1 unspecified atom stereocenters. The zero-order chi connectivity index (χ0) is 8.15. The topological polar surface area (TPSA) is 40.5 Å². The molecule has 4 heteroatoms. The fourth-order valence-corrected chi connectivity index (χ4v) is 0.640. The van der Waals surface area contributed by atoms with Crippen LogP contribution in [0.25, 0.3) is 0 Å². The molecule has 0 aliphatic rings. The van der Waals surface area contributed by atoms with E-state index in [1.165, 1.54) is 0 Å². The van der Waals surface area contributed by atoms with Crippen LogP contribution < -0.4 is 0 Å². The van der Waals surface area contributed by atoms with Crippen LogP contribution in [0.15, 0.2) is 0 Å². The summed E-state index contributed by atoms with van der Waals surface area (Å²) in [6.07, 6.45) is 0.776. The number of thiol groups is 1. The van der Waals surface area contributed by atoms with Gasteiger partial charge in [0.15, 0.2) is 0 Å². The van der Waals surface area contributed by atoms with E-state index in [0.717, 1.165) is 0 Å². The van der Waals surface area contributed by atoms with Gasteiger partial charge in [-0.1, -0.05) is 0 Å². The predicted molar refractivity (Wildman–Crippen MR) is 43.3 cm³/mol. The molecule has 1 atom stereocenters. The number of aliphatic carboxylic acids is 1. The normalized spacial score (nSPS) is 13.6. The molecule has 0 heterocycles. The van der Waals surface area contributed by atoms with Crippen molar-refractivity contribution < 1.29 is 9.90 Å². The van der Waals surface area contributed by atoms with E-state index < -0.39 is 5.97 Å². The van der Waals surface area contributed by atoms with Crippen molar-refractivity contribution in [2.75, 3.05) is 14.1 Å². The smallest absolute Gasteiger partial charge is 0.303 e. The Balaban J connectivity index is 3.39. The predicted octanol–water partition coefficient (Wildman–Crippen LogP) is 0.669. The molecule has 0 saturated heterocycles. The van der Waals surface area contributed by atoms with Crippen LogP contribution in [-0.4, -0.2) is 35.4 Å². The van der Waals surface area contributed by atoms with E-state index in [1.807, 2.05) is 19.0 Å². The van der Waals surface area contributed by atoms with Crippen LogP contribution in [0.3, 0.4) is 0 Å². The van der Waals surface area contributed by atoms with Crippen molar-refractivity contribution in [3.05, 3.63) is 0 Å². The summed E-state index contributed by atoms with van der Waals surface area (Å²) >= 11 is 4.16. The van der Waals surface area contributed by atoms with Crippen LogP contribution in [0, 0.1) is 0 Å². The average Bonchev–Trinajstić information content (AvgIpc) is 1.82. The summed E-state index contributed by atoms with van der Waals surface area (Å²) in [5.41, 5.74) is 0. The van der Waals surface area contributed by atoms with Crippen molar-refractivity contribution >= 4 is 18.6 Å². The largest absolute Gasteiger partial charge is 0.481 e. The van der Waals surface area contributed by atoms with Gasteiger partial charge in [-0.2, -0.15) is 12.6 Å². The zero-order valence-electron chi connectivity index (χ0n) is 6.24. The van der Waals surface area contributed by atoms with Gasteiger partial charge >= 0.3 is 5.97 Å². The number of hydrogen-bond acceptors (Lipinski definition) is 3. The third-order valence-electron chi connectivity index (χ3n) is 1.21. The molecule has 3 nitrogen and oxygen atoms in total. The molecule has 0 saturated carbocycles. The Morgan fingerprint density at radius 2 is 2.20 bits per heavy atom. The molecule has 0 aromatic heterocycles. The molecule has 0 rings (SSSR count). The molecule has 0 aliphatic carbocycles. The van der Waals surface area contributed by atoms with Gasteiger partial charge in [0.05, 0.1) is 5.37 Å². The lowest BCUT2D eigenvalue weighted by atomic mass is 10.3. The Hall–Kier alpha value is -0.220. The lowest BCUT2D eigenvalue weighted by molar-refractivity contribution is -0.137. The van der Waals surface area contributed by atoms with Crippen LogP contribution in [0.5, 0.6) is 0 Å². The van der Waals surface area contributed by atoms with Gasteiger partial charge in [0, 0.05) is 6.42 Å². The van der Waals surface area contributed by atoms with Crippen molar-refractivity contribution in [2.45, 2.75) is 18.2 Å². The Morgan fingerprint density at radius 1 is 1.70 bits per heavy atom. The SMILES string of the molecule is CN(C)C(S)CCC(=O)O.